The molecule has 16 heavy (non-hydrogen) atoms. The maximum absolute atomic E-state index is 12.6. The summed E-state index contributed by atoms with van der Waals surface area (Å²) in [5.41, 5.74) is 5.17. The Labute approximate surface area is 90.9 Å². The van der Waals surface area contributed by atoms with Crippen molar-refractivity contribution in [3.05, 3.63) is 28.6 Å². The Kier molecular flexibility index (Phi) is 3.87. The standard InChI is InChI=1S/C10H8F2N4/c11-10(12)9-7(4-14)3-6(1-2-13)8(5-15)16-9/h3,10H,1,4,14H2. The average Bonchev–Trinajstić information content (AvgIpc) is 2.28. The van der Waals surface area contributed by atoms with E-state index in [9.17, 15) is 8.78 Å². The van der Waals surface area contributed by atoms with Crippen LogP contribution in [0.3, 0.4) is 0 Å². The molecule has 0 unspecified atom stereocenters. The van der Waals surface area contributed by atoms with E-state index < -0.39 is 12.1 Å². The van der Waals surface area contributed by atoms with Gasteiger partial charge in [-0.05, 0) is 11.6 Å². The molecule has 82 valence electrons. The van der Waals surface area contributed by atoms with E-state index in [1.807, 2.05) is 6.07 Å². The molecule has 0 amide bonds. The van der Waals surface area contributed by atoms with E-state index in [0.717, 1.165) is 0 Å². The number of nitrogens with zero attached hydrogens (tertiary/aromatic N) is 3. The van der Waals surface area contributed by atoms with Crippen molar-refractivity contribution < 1.29 is 8.78 Å². The molecule has 1 aromatic heterocycles. The van der Waals surface area contributed by atoms with Crippen molar-refractivity contribution in [1.82, 2.24) is 4.98 Å². The fourth-order valence-electron chi connectivity index (χ4n) is 1.29. The van der Waals surface area contributed by atoms with Crippen molar-refractivity contribution in [2.75, 3.05) is 0 Å². The molecule has 0 atom stereocenters. The molecule has 0 spiro atoms. The first-order chi connectivity index (χ1) is 7.63. The van der Waals surface area contributed by atoms with Crippen molar-refractivity contribution in [2.45, 2.75) is 19.4 Å². The molecular formula is C10H8F2N4. The van der Waals surface area contributed by atoms with Gasteiger partial charge in [0.2, 0.25) is 0 Å². The van der Waals surface area contributed by atoms with Crippen LogP contribution >= 0.6 is 0 Å². The second kappa shape index (κ2) is 5.15. The zero-order valence-electron chi connectivity index (χ0n) is 8.24. The lowest BCUT2D eigenvalue weighted by atomic mass is 10.1. The van der Waals surface area contributed by atoms with Gasteiger partial charge in [-0.3, -0.25) is 0 Å². The number of alkyl halides is 2. The molecule has 1 heterocycles. The summed E-state index contributed by atoms with van der Waals surface area (Å²) in [6.07, 6.45) is -2.83. The number of hydrogen-bond donors (Lipinski definition) is 1. The predicted molar refractivity (Wildman–Crippen MR) is 51.1 cm³/mol. The molecule has 1 aromatic rings. The third kappa shape index (κ3) is 2.30. The van der Waals surface area contributed by atoms with E-state index in [4.69, 9.17) is 16.3 Å². The third-order valence-electron chi connectivity index (χ3n) is 2.02. The number of rotatable bonds is 3. The molecule has 4 nitrogen and oxygen atoms in total. The van der Waals surface area contributed by atoms with Crippen LogP contribution in [0.15, 0.2) is 6.07 Å². The molecule has 0 aliphatic carbocycles. The molecule has 0 saturated heterocycles. The van der Waals surface area contributed by atoms with Crippen LogP contribution in [0, 0.1) is 22.7 Å². The molecule has 0 aliphatic heterocycles. The van der Waals surface area contributed by atoms with Gasteiger partial charge >= 0.3 is 0 Å². The summed E-state index contributed by atoms with van der Waals surface area (Å²) in [5, 5.41) is 17.2. The summed E-state index contributed by atoms with van der Waals surface area (Å²) in [7, 11) is 0. The monoisotopic (exact) mass is 222 g/mol. The van der Waals surface area contributed by atoms with Gasteiger partial charge in [0.05, 0.1) is 12.5 Å². The highest BCUT2D eigenvalue weighted by atomic mass is 19.3. The Morgan fingerprint density at radius 3 is 2.50 bits per heavy atom. The van der Waals surface area contributed by atoms with E-state index in [-0.39, 0.29) is 24.2 Å². The van der Waals surface area contributed by atoms with Gasteiger partial charge in [-0.15, -0.1) is 0 Å². The molecule has 0 saturated carbocycles. The highest BCUT2D eigenvalue weighted by Crippen LogP contribution is 2.23. The lowest BCUT2D eigenvalue weighted by Gasteiger charge is -2.08. The normalized spacial score (nSPS) is 9.88. The van der Waals surface area contributed by atoms with Crippen LogP contribution in [-0.4, -0.2) is 4.98 Å². The van der Waals surface area contributed by atoms with E-state index in [2.05, 4.69) is 4.98 Å². The van der Waals surface area contributed by atoms with Crippen molar-refractivity contribution in [2.24, 2.45) is 5.73 Å². The van der Waals surface area contributed by atoms with Crippen LogP contribution in [-0.2, 0) is 13.0 Å². The maximum Gasteiger partial charge on any atom is 0.280 e. The molecule has 0 radical (unpaired) electrons. The zero-order chi connectivity index (χ0) is 12.1. The van der Waals surface area contributed by atoms with Crippen LogP contribution in [0.25, 0.3) is 0 Å². The largest absolute Gasteiger partial charge is 0.326 e. The lowest BCUT2D eigenvalue weighted by molar-refractivity contribution is 0.144. The Balaban J connectivity index is 3.36. The van der Waals surface area contributed by atoms with Gasteiger partial charge < -0.3 is 5.73 Å². The first kappa shape index (κ1) is 12.0. The van der Waals surface area contributed by atoms with E-state index in [0.29, 0.717) is 5.56 Å². The minimum absolute atomic E-state index is 0.0492. The smallest absolute Gasteiger partial charge is 0.280 e. The number of nitrogens with two attached hydrogens (primary N) is 1. The Bertz CT molecular complexity index is 471. The Hall–Kier alpha value is -2.05. The third-order valence-corrected chi connectivity index (χ3v) is 2.02. The maximum atomic E-state index is 12.6. The first-order valence-electron chi connectivity index (χ1n) is 4.42. The molecule has 1 rings (SSSR count). The highest BCUT2D eigenvalue weighted by Gasteiger charge is 2.17. The second-order valence-electron chi connectivity index (χ2n) is 2.99. The second-order valence-corrected chi connectivity index (χ2v) is 2.99. The number of aromatic nitrogens is 1. The van der Waals surface area contributed by atoms with Crippen LogP contribution in [0.2, 0.25) is 0 Å². The van der Waals surface area contributed by atoms with Crippen LogP contribution in [0.4, 0.5) is 8.78 Å². The fourth-order valence-corrected chi connectivity index (χ4v) is 1.29. The van der Waals surface area contributed by atoms with Gasteiger partial charge in [-0.2, -0.15) is 10.5 Å². The van der Waals surface area contributed by atoms with E-state index >= 15 is 0 Å². The molecule has 2 N–H and O–H groups in total. The molecule has 0 bridgehead atoms. The topological polar surface area (TPSA) is 86.5 Å². The fraction of sp³-hybridized carbons (Fsp3) is 0.300. The number of halogens is 2. The molecule has 0 fully saturated rings. The summed E-state index contributed by atoms with van der Waals surface area (Å²) in [4.78, 5) is 3.54. The molecule has 6 heteroatoms. The van der Waals surface area contributed by atoms with Crippen molar-refractivity contribution in [3.8, 4) is 12.1 Å². The van der Waals surface area contributed by atoms with Gasteiger partial charge in [0.25, 0.3) is 6.43 Å². The Morgan fingerprint density at radius 2 is 2.06 bits per heavy atom. The Morgan fingerprint density at radius 1 is 1.38 bits per heavy atom. The summed E-state index contributed by atoms with van der Waals surface area (Å²) < 4.78 is 25.1. The summed E-state index contributed by atoms with van der Waals surface area (Å²) >= 11 is 0. The van der Waals surface area contributed by atoms with E-state index in [1.165, 1.54) is 6.07 Å². The van der Waals surface area contributed by atoms with Crippen LogP contribution < -0.4 is 5.73 Å². The lowest BCUT2D eigenvalue weighted by Crippen LogP contribution is -2.08. The predicted octanol–water partition coefficient (Wildman–Crippen LogP) is 1.42. The van der Waals surface area contributed by atoms with Crippen LogP contribution in [0.1, 0.15) is 28.9 Å². The highest BCUT2D eigenvalue weighted by molar-refractivity contribution is 5.39. The van der Waals surface area contributed by atoms with E-state index in [1.54, 1.807) is 6.07 Å². The zero-order valence-corrected chi connectivity index (χ0v) is 8.24. The number of hydrogen-bond acceptors (Lipinski definition) is 4. The summed E-state index contributed by atoms with van der Waals surface area (Å²) in [6.45, 7) is -0.100. The van der Waals surface area contributed by atoms with Crippen molar-refractivity contribution >= 4 is 0 Å². The summed E-state index contributed by atoms with van der Waals surface area (Å²) in [6, 6.07) is 4.87. The molecule has 0 aromatic carbocycles. The minimum Gasteiger partial charge on any atom is -0.326 e. The number of nitriles is 2. The SMILES string of the molecule is N#CCc1cc(CN)c(C(F)F)nc1C#N. The number of pyridine rings is 1. The molecule has 0 aliphatic rings. The van der Waals surface area contributed by atoms with Gasteiger partial charge in [-0.25, -0.2) is 13.8 Å². The van der Waals surface area contributed by atoms with Gasteiger partial charge in [-0.1, -0.05) is 0 Å². The summed E-state index contributed by atoms with van der Waals surface area (Å²) in [5.74, 6) is 0. The minimum atomic E-state index is -2.78. The average molecular weight is 222 g/mol. The van der Waals surface area contributed by atoms with Gasteiger partial charge in [0, 0.05) is 12.1 Å². The molecular weight excluding hydrogens is 214 g/mol. The van der Waals surface area contributed by atoms with Crippen molar-refractivity contribution in [3.63, 3.8) is 0 Å². The van der Waals surface area contributed by atoms with Crippen LogP contribution in [0.5, 0.6) is 0 Å². The van der Waals surface area contributed by atoms with Crippen molar-refractivity contribution in [1.29, 1.82) is 10.5 Å². The van der Waals surface area contributed by atoms with Gasteiger partial charge in [0.15, 0.2) is 0 Å². The quantitative estimate of drug-likeness (QED) is 0.837. The van der Waals surface area contributed by atoms with Gasteiger partial charge in [0.1, 0.15) is 17.5 Å². The first-order valence-corrected chi connectivity index (χ1v) is 4.42.